The molecule has 4 nitrogen and oxygen atoms in total. The fourth-order valence-electron chi connectivity index (χ4n) is 2.85. The maximum absolute atomic E-state index is 6.02. The summed E-state index contributed by atoms with van der Waals surface area (Å²) in [7, 11) is 0. The first-order valence-electron chi connectivity index (χ1n) is 9.23. The predicted molar refractivity (Wildman–Crippen MR) is 90.9 cm³/mol. The van der Waals surface area contributed by atoms with E-state index in [1.54, 1.807) is 0 Å². The summed E-state index contributed by atoms with van der Waals surface area (Å²) in [5, 5.41) is 7.12. The Hall–Kier alpha value is -0.160. The topological polar surface area (TPSA) is 42.5 Å². The van der Waals surface area contributed by atoms with Gasteiger partial charge in [0.15, 0.2) is 0 Å². The molecule has 2 aliphatic carbocycles. The van der Waals surface area contributed by atoms with Crippen LogP contribution in [0.5, 0.6) is 0 Å². The van der Waals surface area contributed by atoms with Gasteiger partial charge < -0.3 is 20.1 Å². The zero-order valence-electron chi connectivity index (χ0n) is 14.9. The van der Waals surface area contributed by atoms with E-state index in [0.717, 1.165) is 25.6 Å². The Morgan fingerprint density at radius 1 is 0.909 bits per heavy atom. The monoisotopic (exact) mass is 312 g/mol. The second-order valence-electron chi connectivity index (χ2n) is 7.90. The van der Waals surface area contributed by atoms with Crippen molar-refractivity contribution in [2.75, 3.05) is 26.4 Å². The molecule has 22 heavy (non-hydrogen) atoms. The smallest absolute Gasteiger partial charge is 0.147 e. The van der Waals surface area contributed by atoms with Crippen molar-refractivity contribution in [3.8, 4) is 0 Å². The lowest BCUT2D eigenvalue weighted by Crippen LogP contribution is -2.50. The first kappa shape index (κ1) is 18.2. The third-order valence-corrected chi connectivity index (χ3v) is 4.61. The average molecular weight is 312 g/mol. The van der Waals surface area contributed by atoms with E-state index in [0.29, 0.717) is 36.9 Å². The van der Waals surface area contributed by atoms with Crippen molar-refractivity contribution in [1.82, 2.24) is 10.6 Å². The van der Waals surface area contributed by atoms with Gasteiger partial charge in [0.05, 0.1) is 12.2 Å². The van der Waals surface area contributed by atoms with Gasteiger partial charge in [-0.25, -0.2) is 0 Å². The molecule has 2 N–H and O–H groups in total. The van der Waals surface area contributed by atoms with Crippen LogP contribution in [0.1, 0.15) is 53.4 Å². The Kier molecular flexibility index (Phi) is 7.61. The summed E-state index contributed by atoms with van der Waals surface area (Å²) in [4.78, 5) is 0. The first-order valence-corrected chi connectivity index (χ1v) is 9.23. The van der Waals surface area contributed by atoms with Gasteiger partial charge in [0.2, 0.25) is 0 Å². The van der Waals surface area contributed by atoms with Crippen LogP contribution in [-0.4, -0.2) is 44.7 Å². The van der Waals surface area contributed by atoms with Crippen LogP contribution in [-0.2, 0) is 9.47 Å². The van der Waals surface area contributed by atoms with E-state index in [-0.39, 0.29) is 0 Å². The van der Waals surface area contributed by atoms with E-state index in [9.17, 15) is 0 Å². The highest BCUT2D eigenvalue weighted by atomic mass is 16.7. The Labute approximate surface area is 136 Å². The zero-order chi connectivity index (χ0) is 15.9. The quantitative estimate of drug-likeness (QED) is 0.544. The molecule has 0 spiro atoms. The van der Waals surface area contributed by atoms with Crippen LogP contribution in [0.2, 0.25) is 0 Å². The van der Waals surface area contributed by atoms with Crippen LogP contribution in [0, 0.1) is 17.8 Å². The van der Waals surface area contributed by atoms with Gasteiger partial charge in [-0.15, -0.1) is 0 Å². The van der Waals surface area contributed by atoms with Crippen molar-refractivity contribution in [1.29, 1.82) is 0 Å². The lowest BCUT2D eigenvalue weighted by atomic mass is 9.88. The van der Waals surface area contributed by atoms with Gasteiger partial charge in [-0.2, -0.15) is 0 Å². The molecule has 2 aliphatic rings. The van der Waals surface area contributed by atoms with Gasteiger partial charge in [0.1, 0.15) is 6.79 Å². The molecule has 2 saturated carbocycles. The molecule has 0 aromatic heterocycles. The molecular formula is C18H36N2O2. The van der Waals surface area contributed by atoms with E-state index in [2.05, 4.69) is 38.3 Å². The maximum atomic E-state index is 6.02. The third kappa shape index (κ3) is 6.53. The minimum Gasteiger partial charge on any atom is -0.351 e. The molecule has 0 radical (unpaired) electrons. The second-order valence-corrected chi connectivity index (χ2v) is 7.90. The van der Waals surface area contributed by atoms with Crippen molar-refractivity contribution in [2.45, 2.75) is 71.6 Å². The average Bonchev–Trinajstić information content (AvgIpc) is 3.24. The second kappa shape index (κ2) is 9.21. The first-order chi connectivity index (χ1) is 10.6. The fourth-order valence-corrected chi connectivity index (χ4v) is 2.85. The van der Waals surface area contributed by atoms with Crippen molar-refractivity contribution in [3.05, 3.63) is 0 Å². The SMILES string of the molecule is CC(C)CNCC(OCO[C@H]1CC[C@H]1NCC(C)C)C1CC1. The van der Waals surface area contributed by atoms with E-state index >= 15 is 0 Å². The summed E-state index contributed by atoms with van der Waals surface area (Å²) in [6.07, 6.45) is 5.72. The molecule has 0 aliphatic heterocycles. The molecule has 3 atom stereocenters. The van der Waals surface area contributed by atoms with Crippen LogP contribution < -0.4 is 10.6 Å². The molecular weight excluding hydrogens is 276 g/mol. The minimum atomic E-state index is 0.334. The molecule has 4 heteroatoms. The standard InChI is InChI=1S/C18H36N2O2/c1-13(2)9-19-11-18(15-5-6-15)22-12-21-17-8-7-16(17)20-10-14(3)4/h13-20H,5-12H2,1-4H3/t16-,17+,18?/m1/s1. The lowest BCUT2D eigenvalue weighted by Gasteiger charge is -2.37. The van der Waals surface area contributed by atoms with Crippen LogP contribution >= 0.6 is 0 Å². The number of rotatable bonds is 12. The molecule has 0 aromatic rings. The van der Waals surface area contributed by atoms with Crippen molar-refractivity contribution < 1.29 is 9.47 Å². The molecule has 0 amide bonds. The molecule has 0 aromatic carbocycles. The lowest BCUT2D eigenvalue weighted by molar-refractivity contribution is -0.148. The normalized spacial score (nSPS) is 26.5. The highest BCUT2D eigenvalue weighted by Crippen LogP contribution is 2.34. The molecule has 0 heterocycles. The van der Waals surface area contributed by atoms with Gasteiger partial charge in [0, 0.05) is 12.6 Å². The highest BCUT2D eigenvalue weighted by Gasteiger charge is 2.34. The van der Waals surface area contributed by atoms with E-state index in [1.807, 2.05) is 0 Å². The maximum Gasteiger partial charge on any atom is 0.147 e. The summed E-state index contributed by atoms with van der Waals surface area (Å²) < 4.78 is 12.0. The molecule has 0 bridgehead atoms. The zero-order valence-corrected chi connectivity index (χ0v) is 14.9. The van der Waals surface area contributed by atoms with Crippen molar-refractivity contribution >= 4 is 0 Å². The van der Waals surface area contributed by atoms with Gasteiger partial charge in [-0.3, -0.25) is 0 Å². The fraction of sp³-hybridized carbons (Fsp3) is 1.00. The number of hydrogen-bond acceptors (Lipinski definition) is 4. The number of nitrogens with one attached hydrogen (secondary N) is 2. The Morgan fingerprint density at radius 3 is 2.18 bits per heavy atom. The summed E-state index contributed by atoms with van der Waals surface area (Å²) >= 11 is 0. The van der Waals surface area contributed by atoms with Crippen LogP contribution in [0.15, 0.2) is 0 Å². The molecule has 2 fully saturated rings. The Balaban J connectivity index is 1.57. The number of hydrogen-bond donors (Lipinski definition) is 2. The van der Waals surface area contributed by atoms with Gasteiger partial charge in [0.25, 0.3) is 0 Å². The van der Waals surface area contributed by atoms with Gasteiger partial charge >= 0.3 is 0 Å². The minimum absolute atomic E-state index is 0.334. The summed E-state index contributed by atoms with van der Waals surface area (Å²) in [6, 6.07) is 0.532. The van der Waals surface area contributed by atoms with Crippen molar-refractivity contribution in [2.24, 2.45) is 17.8 Å². The van der Waals surface area contributed by atoms with Gasteiger partial charge in [-0.05, 0) is 56.5 Å². The Morgan fingerprint density at radius 2 is 1.64 bits per heavy atom. The molecule has 1 unspecified atom stereocenters. The summed E-state index contributed by atoms with van der Waals surface area (Å²) in [5.41, 5.74) is 0. The summed E-state index contributed by atoms with van der Waals surface area (Å²) in [6.45, 7) is 12.5. The van der Waals surface area contributed by atoms with Crippen LogP contribution in [0.4, 0.5) is 0 Å². The number of ether oxygens (including phenoxy) is 2. The van der Waals surface area contributed by atoms with E-state index < -0.39 is 0 Å². The van der Waals surface area contributed by atoms with E-state index in [4.69, 9.17) is 9.47 Å². The van der Waals surface area contributed by atoms with E-state index in [1.165, 1.54) is 25.7 Å². The Bertz CT molecular complexity index is 305. The predicted octanol–water partition coefficient (Wildman–Crippen LogP) is 2.78. The summed E-state index contributed by atoms with van der Waals surface area (Å²) in [5.74, 6) is 2.14. The van der Waals surface area contributed by atoms with Gasteiger partial charge in [-0.1, -0.05) is 27.7 Å². The van der Waals surface area contributed by atoms with Crippen LogP contribution in [0.25, 0.3) is 0 Å². The van der Waals surface area contributed by atoms with Crippen LogP contribution in [0.3, 0.4) is 0 Å². The molecule has 130 valence electrons. The largest absolute Gasteiger partial charge is 0.351 e. The third-order valence-electron chi connectivity index (χ3n) is 4.61. The van der Waals surface area contributed by atoms with Crippen molar-refractivity contribution in [3.63, 3.8) is 0 Å². The molecule has 0 saturated heterocycles. The highest BCUT2D eigenvalue weighted by molar-refractivity contribution is 4.88. The molecule has 2 rings (SSSR count).